The van der Waals surface area contributed by atoms with E-state index in [1.54, 1.807) is 7.11 Å². The first-order valence-electron chi connectivity index (χ1n) is 8.53. The van der Waals surface area contributed by atoms with Crippen LogP contribution in [0.3, 0.4) is 0 Å². The number of nitrogen functional groups attached to an aromatic ring is 1. The third-order valence-electron chi connectivity index (χ3n) is 4.19. The highest BCUT2D eigenvalue weighted by atomic mass is 16.5. The van der Waals surface area contributed by atoms with Crippen LogP contribution in [0.1, 0.15) is 31.9 Å². The molecule has 0 saturated carbocycles. The summed E-state index contributed by atoms with van der Waals surface area (Å²) in [5, 5.41) is 3.27. The van der Waals surface area contributed by atoms with Crippen molar-refractivity contribution in [2.75, 3.05) is 36.1 Å². The molecule has 0 spiro atoms. The van der Waals surface area contributed by atoms with E-state index in [-0.39, 0.29) is 0 Å². The molecule has 1 saturated heterocycles. The SMILES string of the molecule is CCCc1cc(N2CCCC2)nc(Nc2ccc(OC)c(N)c2)n1. The Bertz CT molecular complexity index is 698. The van der Waals surface area contributed by atoms with Crippen molar-refractivity contribution in [1.82, 2.24) is 9.97 Å². The predicted octanol–water partition coefficient (Wildman–Crippen LogP) is 3.36. The van der Waals surface area contributed by atoms with Crippen LogP contribution in [0.5, 0.6) is 5.75 Å². The molecular weight excluding hydrogens is 302 g/mol. The van der Waals surface area contributed by atoms with E-state index in [1.165, 1.54) is 12.8 Å². The summed E-state index contributed by atoms with van der Waals surface area (Å²) >= 11 is 0. The maximum absolute atomic E-state index is 5.98. The van der Waals surface area contributed by atoms with Crippen LogP contribution in [-0.4, -0.2) is 30.2 Å². The molecule has 3 rings (SSSR count). The first-order chi connectivity index (χ1) is 11.7. The van der Waals surface area contributed by atoms with Crippen molar-refractivity contribution in [3.05, 3.63) is 30.0 Å². The molecule has 1 fully saturated rings. The van der Waals surface area contributed by atoms with Gasteiger partial charge in [-0.05, 0) is 37.5 Å². The van der Waals surface area contributed by atoms with Crippen molar-refractivity contribution in [3.8, 4) is 5.75 Å². The summed E-state index contributed by atoms with van der Waals surface area (Å²) in [6.45, 7) is 4.30. The van der Waals surface area contributed by atoms with Crippen molar-refractivity contribution in [1.29, 1.82) is 0 Å². The molecule has 1 aromatic carbocycles. The molecule has 0 radical (unpaired) electrons. The fourth-order valence-corrected chi connectivity index (χ4v) is 2.97. The van der Waals surface area contributed by atoms with Gasteiger partial charge in [0.1, 0.15) is 11.6 Å². The second-order valence-electron chi connectivity index (χ2n) is 6.07. The molecule has 0 aliphatic carbocycles. The lowest BCUT2D eigenvalue weighted by Gasteiger charge is -2.18. The molecule has 1 aromatic heterocycles. The Morgan fingerprint density at radius 2 is 2.00 bits per heavy atom. The Morgan fingerprint density at radius 3 is 2.67 bits per heavy atom. The molecule has 0 amide bonds. The minimum Gasteiger partial charge on any atom is -0.495 e. The molecule has 0 unspecified atom stereocenters. The second kappa shape index (κ2) is 7.38. The van der Waals surface area contributed by atoms with Gasteiger partial charge in [0.2, 0.25) is 5.95 Å². The van der Waals surface area contributed by atoms with E-state index in [0.717, 1.165) is 43.1 Å². The predicted molar refractivity (Wildman–Crippen MR) is 98.2 cm³/mol. The van der Waals surface area contributed by atoms with Crippen LogP contribution < -0.4 is 20.7 Å². The summed E-state index contributed by atoms with van der Waals surface area (Å²) in [6, 6.07) is 7.71. The number of ether oxygens (including phenoxy) is 1. The summed E-state index contributed by atoms with van der Waals surface area (Å²) in [6.07, 6.45) is 4.46. The van der Waals surface area contributed by atoms with Gasteiger partial charge in [0.25, 0.3) is 0 Å². The van der Waals surface area contributed by atoms with Crippen LogP contribution in [0.25, 0.3) is 0 Å². The van der Waals surface area contributed by atoms with Gasteiger partial charge < -0.3 is 20.7 Å². The number of methoxy groups -OCH3 is 1. The Hall–Kier alpha value is -2.50. The quantitative estimate of drug-likeness (QED) is 0.792. The Labute approximate surface area is 143 Å². The van der Waals surface area contributed by atoms with E-state index < -0.39 is 0 Å². The minimum absolute atomic E-state index is 0.590. The number of benzene rings is 1. The van der Waals surface area contributed by atoms with Gasteiger partial charge in [-0.15, -0.1) is 0 Å². The van der Waals surface area contributed by atoms with Crippen LogP contribution in [-0.2, 0) is 6.42 Å². The highest BCUT2D eigenvalue weighted by molar-refractivity contribution is 5.65. The van der Waals surface area contributed by atoms with E-state index in [2.05, 4.69) is 28.2 Å². The van der Waals surface area contributed by atoms with Gasteiger partial charge in [-0.3, -0.25) is 0 Å². The van der Waals surface area contributed by atoms with Crippen LogP contribution in [0.15, 0.2) is 24.3 Å². The van der Waals surface area contributed by atoms with Gasteiger partial charge in [-0.1, -0.05) is 13.3 Å². The number of hydrogen-bond acceptors (Lipinski definition) is 6. The number of nitrogens with two attached hydrogens (primary N) is 1. The number of hydrogen-bond donors (Lipinski definition) is 2. The molecule has 2 aromatic rings. The summed E-state index contributed by atoms with van der Waals surface area (Å²) in [5.41, 5.74) is 8.49. The van der Waals surface area contributed by atoms with Crippen molar-refractivity contribution in [2.24, 2.45) is 0 Å². The van der Waals surface area contributed by atoms with Gasteiger partial charge in [-0.25, -0.2) is 4.98 Å². The third-order valence-corrected chi connectivity index (χ3v) is 4.19. The zero-order chi connectivity index (χ0) is 16.9. The molecule has 2 heterocycles. The first kappa shape index (κ1) is 16.4. The molecule has 3 N–H and O–H groups in total. The molecule has 0 atom stereocenters. The first-order valence-corrected chi connectivity index (χ1v) is 8.53. The number of aromatic nitrogens is 2. The highest BCUT2D eigenvalue weighted by Crippen LogP contribution is 2.27. The average Bonchev–Trinajstić information content (AvgIpc) is 3.10. The summed E-state index contributed by atoms with van der Waals surface area (Å²) in [7, 11) is 1.61. The van der Waals surface area contributed by atoms with Crippen LogP contribution in [0.2, 0.25) is 0 Å². The van der Waals surface area contributed by atoms with Crippen molar-refractivity contribution in [3.63, 3.8) is 0 Å². The third kappa shape index (κ3) is 3.69. The van der Waals surface area contributed by atoms with Crippen LogP contribution in [0.4, 0.5) is 23.1 Å². The van der Waals surface area contributed by atoms with E-state index >= 15 is 0 Å². The largest absolute Gasteiger partial charge is 0.495 e. The Balaban J connectivity index is 1.87. The lowest BCUT2D eigenvalue weighted by Crippen LogP contribution is -2.20. The summed E-state index contributed by atoms with van der Waals surface area (Å²) < 4.78 is 5.20. The van der Waals surface area contributed by atoms with E-state index in [0.29, 0.717) is 17.4 Å². The normalized spacial score (nSPS) is 14.0. The molecule has 6 nitrogen and oxygen atoms in total. The fraction of sp³-hybridized carbons (Fsp3) is 0.444. The number of anilines is 4. The average molecular weight is 327 g/mol. The highest BCUT2D eigenvalue weighted by Gasteiger charge is 2.16. The maximum atomic E-state index is 5.98. The van der Waals surface area contributed by atoms with E-state index in [1.807, 2.05) is 18.2 Å². The van der Waals surface area contributed by atoms with Crippen LogP contribution in [0, 0.1) is 0 Å². The molecular formula is C18H25N5O. The smallest absolute Gasteiger partial charge is 0.229 e. The zero-order valence-electron chi connectivity index (χ0n) is 14.4. The zero-order valence-corrected chi connectivity index (χ0v) is 14.4. The standard InChI is InChI=1S/C18H25N5O/c1-3-6-13-12-17(23-9-4-5-10-23)22-18(20-13)21-14-7-8-16(24-2)15(19)11-14/h7-8,11-12H,3-6,9-10,19H2,1-2H3,(H,20,21,22). The van der Waals surface area contributed by atoms with E-state index in [4.69, 9.17) is 15.5 Å². The number of rotatable bonds is 6. The minimum atomic E-state index is 0.590. The maximum Gasteiger partial charge on any atom is 0.229 e. The monoisotopic (exact) mass is 327 g/mol. The Kier molecular flexibility index (Phi) is 5.03. The lowest BCUT2D eigenvalue weighted by atomic mass is 10.2. The van der Waals surface area contributed by atoms with Gasteiger partial charge in [-0.2, -0.15) is 4.98 Å². The number of nitrogens with one attached hydrogen (secondary N) is 1. The van der Waals surface area contributed by atoms with Crippen molar-refractivity contribution in [2.45, 2.75) is 32.6 Å². The lowest BCUT2D eigenvalue weighted by molar-refractivity contribution is 0.417. The molecule has 128 valence electrons. The number of aryl methyl sites for hydroxylation is 1. The Morgan fingerprint density at radius 1 is 1.21 bits per heavy atom. The van der Waals surface area contributed by atoms with Crippen molar-refractivity contribution >= 4 is 23.1 Å². The van der Waals surface area contributed by atoms with Gasteiger partial charge in [0, 0.05) is 30.5 Å². The number of nitrogens with zero attached hydrogens (tertiary/aromatic N) is 3. The van der Waals surface area contributed by atoms with Crippen molar-refractivity contribution < 1.29 is 4.74 Å². The van der Waals surface area contributed by atoms with Gasteiger partial charge >= 0.3 is 0 Å². The molecule has 1 aliphatic rings. The molecule has 0 bridgehead atoms. The van der Waals surface area contributed by atoms with Gasteiger partial charge in [0.15, 0.2) is 0 Å². The molecule has 1 aliphatic heterocycles. The summed E-state index contributed by atoms with van der Waals surface area (Å²) in [5.74, 6) is 2.29. The summed E-state index contributed by atoms with van der Waals surface area (Å²) in [4.78, 5) is 11.7. The van der Waals surface area contributed by atoms with Gasteiger partial charge in [0.05, 0.1) is 12.8 Å². The molecule has 6 heteroatoms. The second-order valence-corrected chi connectivity index (χ2v) is 6.07. The van der Waals surface area contributed by atoms with Crippen LogP contribution >= 0.6 is 0 Å². The topological polar surface area (TPSA) is 76.3 Å². The molecule has 24 heavy (non-hydrogen) atoms. The van der Waals surface area contributed by atoms with E-state index in [9.17, 15) is 0 Å². The fourth-order valence-electron chi connectivity index (χ4n) is 2.97.